The van der Waals surface area contributed by atoms with Crippen molar-refractivity contribution in [1.82, 2.24) is 14.7 Å². The molecule has 1 saturated carbocycles. The van der Waals surface area contributed by atoms with Gasteiger partial charge in [0.15, 0.2) is 5.75 Å². The molecule has 0 amide bonds. The second kappa shape index (κ2) is 5.28. The van der Waals surface area contributed by atoms with Crippen molar-refractivity contribution in [3.8, 4) is 5.75 Å². The Balaban J connectivity index is 2.16. The Kier molecular flexibility index (Phi) is 3.92. The average Bonchev–Trinajstić information content (AvgIpc) is 2.92. The molecule has 3 atom stereocenters. The summed E-state index contributed by atoms with van der Waals surface area (Å²) >= 11 is 0. The van der Waals surface area contributed by atoms with Gasteiger partial charge in [-0.1, -0.05) is 6.92 Å². The third-order valence-corrected chi connectivity index (χ3v) is 3.68. The van der Waals surface area contributed by atoms with Gasteiger partial charge < -0.3 is 14.7 Å². The summed E-state index contributed by atoms with van der Waals surface area (Å²) in [7, 11) is 5.68. The molecule has 1 aromatic rings. The largest absolute Gasteiger partial charge is 0.493 e. The van der Waals surface area contributed by atoms with Crippen molar-refractivity contribution in [2.45, 2.75) is 26.0 Å². The first-order valence-electron chi connectivity index (χ1n) is 6.47. The monoisotopic (exact) mass is 253 g/mol. The van der Waals surface area contributed by atoms with Crippen LogP contribution in [0.15, 0.2) is 6.20 Å². The van der Waals surface area contributed by atoms with E-state index in [0.717, 1.165) is 25.2 Å². The summed E-state index contributed by atoms with van der Waals surface area (Å²) in [6, 6.07) is 0. The van der Waals surface area contributed by atoms with E-state index in [1.807, 2.05) is 18.8 Å². The van der Waals surface area contributed by atoms with Crippen LogP contribution in [0, 0.1) is 11.8 Å². The molecule has 0 spiro atoms. The van der Waals surface area contributed by atoms with E-state index in [1.165, 1.54) is 0 Å². The molecule has 5 heteroatoms. The Morgan fingerprint density at radius 3 is 2.78 bits per heavy atom. The Morgan fingerprint density at radius 1 is 1.61 bits per heavy atom. The topological polar surface area (TPSA) is 50.5 Å². The number of aliphatic hydroxyl groups is 1. The maximum atomic E-state index is 10.4. The van der Waals surface area contributed by atoms with Gasteiger partial charge in [0, 0.05) is 6.54 Å². The summed E-state index contributed by atoms with van der Waals surface area (Å²) in [5, 5.41) is 14.7. The molecule has 102 valence electrons. The lowest BCUT2D eigenvalue weighted by molar-refractivity contribution is 0.133. The molecule has 18 heavy (non-hydrogen) atoms. The second-order valence-corrected chi connectivity index (χ2v) is 5.45. The van der Waals surface area contributed by atoms with Gasteiger partial charge in [-0.2, -0.15) is 5.10 Å². The summed E-state index contributed by atoms with van der Waals surface area (Å²) in [5.41, 5.74) is 0.828. The molecule has 0 saturated heterocycles. The Morgan fingerprint density at radius 2 is 2.28 bits per heavy atom. The number of aromatic nitrogens is 2. The van der Waals surface area contributed by atoms with E-state index in [0.29, 0.717) is 17.6 Å². The van der Waals surface area contributed by atoms with Gasteiger partial charge >= 0.3 is 0 Å². The van der Waals surface area contributed by atoms with Crippen molar-refractivity contribution < 1.29 is 9.84 Å². The fourth-order valence-electron chi connectivity index (χ4n) is 2.30. The van der Waals surface area contributed by atoms with Crippen molar-refractivity contribution in [2.75, 3.05) is 27.7 Å². The van der Waals surface area contributed by atoms with Crippen LogP contribution in [0.25, 0.3) is 0 Å². The summed E-state index contributed by atoms with van der Waals surface area (Å²) in [4.78, 5) is 2.10. The van der Waals surface area contributed by atoms with Crippen LogP contribution in [0.5, 0.6) is 5.75 Å². The number of nitrogens with zero attached hydrogens (tertiary/aromatic N) is 3. The quantitative estimate of drug-likeness (QED) is 0.826. The summed E-state index contributed by atoms with van der Waals surface area (Å²) < 4.78 is 7.18. The van der Waals surface area contributed by atoms with Gasteiger partial charge in [-0.25, -0.2) is 0 Å². The van der Waals surface area contributed by atoms with Crippen LogP contribution in [-0.2, 0) is 6.54 Å². The van der Waals surface area contributed by atoms with Crippen LogP contribution in [0.3, 0.4) is 0 Å². The Hall–Kier alpha value is -1.07. The highest BCUT2D eigenvalue weighted by molar-refractivity contribution is 5.28. The lowest BCUT2D eigenvalue weighted by Crippen LogP contribution is -2.21. The van der Waals surface area contributed by atoms with E-state index >= 15 is 0 Å². The zero-order valence-electron chi connectivity index (χ0n) is 11.6. The van der Waals surface area contributed by atoms with E-state index in [1.54, 1.807) is 13.3 Å². The Bertz CT molecular complexity index is 403. The molecular formula is C13H23N3O2. The molecule has 2 rings (SSSR count). The highest BCUT2D eigenvalue weighted by Crippen LogP contribution is 2.48. The van der Waals surface area contributed by atoms with E-state index in [4.69, 9.17) is 4.74 Å². The predicted molar refractivity (Wildman–Crippen MR) is 69.6 cm³/mol. The fourth-order valence-corrected chi connectivity index (χ4v) is 2.30. The lowest BCUT2D eigenvalue weighted by atomic mass is 10.1. The van der Waals surface area contributed by atoms with Crippen molar-refractivity contribution in [2.24, 2.45) is 11.8 Å². The standard InChI is InChI=1S/C13H23N3O2/c1-9-7-10(9)13(17)12-11(18-4)8-14-16(12)6-5-15(2)3/h8-10,13,17H,5-7H2,1-4H3. The summed E-state index contributed by atoms with van der Waals surface area (Å²) in [6.45, 7) is 3.83. The lowest BCUT2D eigenvalue weighted by Gasteiger charge is -2.16. The predicted octanol–water partition coefficient (Wildman–Crippen LogP) is 1.14. The van der Waals surface area contributed by atoms with Gasteiger partial charge in [-0.3, -0.25) is 4.68 Å². The SMILES string of the molecule is COc1cnn(CCN(C)C)c1C(O)C1CC1C. The average molecular weight is 253 g/mol. The maximum absolute atomic E-state index is 10.4. The third kappa shape index (κ3) is 2.67. The number of rotatable bonds is 6. The minimum absolute atomic E-state index is 0.355. The molecule has 0 bridgehead atoms. The normalized spacial score (nSPS) is 24.3. The molecule has 0 aromatic carbocycles. The van der Waals surface area contributed by atoms with Gasteiger partial charge in [0.1, 0.15) is 11.8 Å². The van der Waals surface area contributed by atoms with Crippen LogP contribution < -0.4 is 4.74 Å². The van der Waals surface area contributed by atoms with E-state index in [2.05, 4.69) is 16.9 Å². The highest BCUT2D eigenvalue weighted by atomic mass is 16.5. The van der Waals surface area contributed by atoms with Crippen molar-refractivity contribution >= 4 is 0 Å². The minimum Gasteiger partial charge on any atom is -0.493 e. The molecule has 5 nitrogen and oxygen atoms in total. The van der Waals surface area contributed by atoms with Gasteiger partial charge in [0.2, 0.25) is 0 Å². The van der Waals surface area contributed by atoms with Crippen LogP contribution in [0.4, 0.5) is 0 Å². The number of ether oxygens (including phenoxy) is 1. The number of methoxy groups -OCH3 is 1. The smallest absolute Gasteiger partial charge is 0.162 e. The molecule has 0 aliphatic heterocycles. The molecular weight excluding hydrogens is 230 g/mol. The molecule has 1 aliphatic rings. The van der Waals surface area contributed by atoms with Crippen molar-refractivity contribution in [1.29, 1.82) is 0 Å². The number of hydrogen-bond acceptors (Lipinski definition) is 4. The van der Waals surface area contributed by atoms with Crippen LogP contribution >= 0.6 is 0 Å². The molecule has 1 aliphatic carbocycles. The van der Waals surface area contributed by atoms with E-state index < -0.39 is 6.10 Å². The van der Waals surface area contributed by atoms with E-state index in [-0.39, 0.29) is 0 Å². The first-order chi connectivity index (χ1) is 8.54. The zero-order chi connectivity index (χ0) is 13.3. The number of hydrogen-bond donors (Lipinski definition) is 1. The van der Waals surface area contributed by atoms with Gasteiger partial charge in [0.05, 0.1) is 19.9 Å². The summed E-state index contributed by atoms with van der Waals surface area (Å²) in [6.07, 6.45) is 2.32. The molecule has 1 aromatic heterocycles. The van der Waals surface area contributed by atoms with Crippen molar-refractivity contribution in [3.63, 3.8) is 0 Å². The number of likely N-dealkylation sites (N-methyl/N-ethyl adjacent to an activating group) is 1. The molecule has 1 fully saturated rings. The van der Waals surface area contributed by atoms with Crippen LogP contribution in [0.2, 0.25) is 0 Å². The number of aliphatic hydroxyl groups excluding tert-OH is 1. The molecule has 1 N–H and O–H groups in total. The molecule has 0 radical (unpaired) electrons. The van der Waals surface area contributed by atoms with Gasteiger partial charge in [-0.05, 0) is 32.4 Å². The summed E-state index contributed by atoms with van der Waals surface area (Å²) in [5.74, 6) is 1.65. The zero-order valence-corrected chi connectivity index (χ0v) is 11.6. The second-order valence-electron chi connectivity index (χ2n) is 5.45. The third-order valence-electron chi connectivity index (χ3n) is 3.68. The highest BCUT2D eigenvalue weighted by Gasteiger charge is 2.42. The van der Waals surface area contributed by atoms with E-state index in [9.17, 15) is 5.11 Å². The fraction of sp³-hybridized carbons (Fsp3) is 0.769. The van der Waals surface area contributed by atoms with Crippen molar-refractivity contribution in [3.05, 3.63) is 11.9 Å². The maximum Gasteiger partial charge on any atom is 0.162 e. The molecule has 3 unspecified atom stereocenters. The minimum atomic E-state index is -0.459. The first-order valence-corrected chi connectivity index (χ1v) is 6.47. The van der Waals surface area contributed by atoms with Crippen LogP contribution in [0.1, 0.15) is 25.1 Å². The molecule has 1 heterocycles. The van der Waals surface area contributed by atoms with Crippen LogP contribution in [-0.4, -0.2) is 47.5 Å². The van der Waals surface area contributed by atoms with Gasteiger partial charge in [0.25, 0.3) is 0 Å². The Labute approximate surface area is 108 Å². The first kappa shape index (κ1) is 13.4. The van der Waals surface area contributed by atoms with Gasteiger partial charge in [-0.15, -0.1) is 0 Å².